The Balaban J connectivity index is 2.28. The third-order valence-corrected chi connectivity index (χ3v) is 3.97. The molecule has 0 saturated heterocycles. The average Bonchev–Trinajstić information content (AvgIpc) is 2.43. The molecule has 0 saturated carbocycles. The lowest BCUT2D eigenvalue weighted by Gasteiger charge is -2.18. The van der Waals surface area contributed by atoms with Gasteiger partial charge in [-0.2, -0.15) is 0 Å². The van der Waals surface area contributed by atoms with E-state index in [1.807, 2.05) is 19.2 Å². The first kappa shape index (κ1) is 15.3. The summed E-state index contributed by atoms with van der Waals surface area (Å²) in [5, 5.41) is 4.59. The zero-order chi connectivity index (χ0) is 14.7. The Kier molecular flexibility index (Phi) is 5.03. The summed E-state index contributed by atoms with van der Waals surface area (Å²) >= 11 is 12.2. The lowest BCUT2D eigenvalue weighted by atomic mass is 9.97. The van der Waals surface area contributed by atoms with Gasteiger partial charge in [-0.1, -0.05) is 35.3 Å². The summed E-state index contributed by atoms with van der Waals surface area (Å²) in [6.45, 7) is 1.76. The van der Waals surface area contributed by atoms with Gasteiger partial charge in [-0.3, -0.25) is 0 Å². The highest BCUT2D eigenvalue weighted by atomic mass is 35.5. The van der Waals surface area contributed by atoms with E-state index in [4.69, 9.17) is 23.2 Å². The number of rotatable bonds is 4. The fraction of sp³-hybridized carbons (Fsp3) is 0.250. The summed E-state index contributed by atoms with van der Waals surface area (Å²) in [5.41, 5.74) is 2.64. The minimum absolute atomic E-state index is 0.0604. The van der Waals surface area contributed by atoms with Crippen molar-refractivity contribution >= 4 is 23.2 Å². The monoisotopic (exact) mass is 311 g/mol. The maximum atomic E-state index is 13.4. The minimum atomic E-state index is -0.190. The van der Waals surface area contributed by atoms with Crippen molar-refractivity contribution in [1.82, 2.24) is 5.32 Å². The van der Waals surface area contributed by atoms with E-state index >= 15 is 0 Å². The molecule has 0 radical (unpaired) electrons. The summed E-state index contributed by atoms with van der Waals surface area (Å²) in [5.74, 6) is -0.190. The number of hydrogen-bond donors (Lipinski definition) is 1. The topological polar surface area (TPSA) is 12.0 Å². The van der Waals surface area contributed by atoms with Crippen LogP contribution >= 0.6 is 23.2 Å². The standard InChI is InChI=1S/C16H16Cl2FN/c1-10-7-11(3-6-15(10)19)16(20-2)9-12-8-13(17)4-5-14(12)18/h3-8,16,20H,9H2,1-2H3. The van der Waals surface area contributed by atoms with E-state index in [0.29, 0.717) is 22.0 Å². The molecule has 106 valence electrons. The van der Waals surface area contributed by atoms with Gasteiger partial charge in [-0.05, 0) is 61.3 Å². The van der Waals surface area contributed by atoms with Crippen molar-refractivity contribution in [2.75, 3.05) is 7.05 Å². The van der Waals surface area contributed by atoms with Crippen LogP contribution in [0.2, 0.25) is 10.0 Å². The molecule has 2 rings (SSSR count). The van der Waals surface area contributed by atoms with Crippen molar-refractivity contribution in [3.63, 3.8) is 0 Å². The van der Waals surface area contributed by atoms with Crippen molar-refractivity contribution in [2.45, 2.75) is 19.4 Å². The van der Waals surface area contributed by atoms with Crippen molar-refractivity contribution in [3.8, 4) is 0 Å². The summed E-state index contributed by atoms with van der Waals surface area (Å²) < 4.78 is 13.4. The second-order valence-corrected chi connectivity index (χ2v) is 5.63. The van der Waals surface area contributed by atoms with Crippen molar-refractivity contribution < 1.29 is 4.39 Å². The zero-order valence-corrected chi connectivity index (χ0v) is 12.9. The Morgan fingerprint density at radius 1 is 1.15 bits per heavy atom. The Hall–Kier alpha value is -1.09. The van der Waals surface area contributed by atoms with E-state index in [2.05, 4.69) is 5.32 Å². The maximum absolute atomic E-state index is 13.4. The van der Waals surface area contributed by atoms with Crippen LogP contribution in [0.3, 0.4) is 0 Å². The Morgan fingerprint density at radius 3 is 2.55 bits per heavy atom. The largest absolute Gasteiger partial charge is 0.313 e. The van der Waals surface area contributed by atoms with Crippen LogP contribution < -0.4 is 5.32 Å². The van der Waals surface area contributed by atoms with E-state index in [-0.39, 0.29) is 11.9 Å². The van der Waals surface area contributed by atoms with Crippen LogP contribution in [0.25, 0.3) is 0 Å². The molecule has 0 aliphatic heterocycles. The van der Waals surface area contributed by atoms with Gasteiger partial charge in [0.1, 0.15) is 5.82 Å². The van der Waals surface area contributed by atoms with Gasteiger partial charge in [0, 0.05) is 16.1 Å². The molecule has 0 heterocycles. The number of benzene rings is 2. The van der Waals surface area contributed by atoms with Crippen LogP contribution in [0.1, 0.15) is 22.7 Å². The molecule has 0 bridgehead atoms. The van der Waals surface area contributed by atoms with Crippen LogP contribution in [0.5, 0.6) is 0 Å². The van der Waals surface area contributed by atoms with Crippen molar-refractivity contribution in [3.05, 3.63) is 69.0 Å². The second-order valence-electron chi connectivity index (χ2n) is 4.79. The Bertz CT molecular complexity index is 613. The molecule has 0 aliphatic rings. The highest BCUT2D eigenvalue weighted by Crippen LogP contribution is 2.26. The Morgan fingerprint density at radius 2 is 1.90 bits per heavy atom. The molecule has 1 unspecified atom stereocenters. The summed E-state index contributed by atoms with van der Waals surface area (Å²) in [4.78, 5) is 0. The van der Waals surface area contributed by atoms with Crippen LogP contribution in [-0.2, 0) is 6.42 Å². The van der Waals surface area contributed by atoms with Gasteiger partial charge < -0.3 is 5.32 Å². The molecule has 4 heteroatoms. The zero-order valence-electron chi connectivity index (χ0n) is 11.4. The molecule has 1 N–H and O–H groups in total. The van der Waals surface area contributed by atoms with Crippen LogP contribution in [0.4, 0.5) is 4.39 Å². The van der Waals surface area contributed by atoms with Gasteiger partial charge in [0.15, 0.2) is 0 Å². The van der Waals surface area contributed by atoms with Crippen molar-refractivity contribution in [1.29, 1.82) is 0 Å². The predicted octanol–water partition coefficient (Wildman–Crippen LogP) is 4.94. The van der Waals surface area contributed by atoms with E-state index in [1.54, 1.807) is 25.1 Å². The lowest BCUT2D eigenvalue weighted by Crippen LogP contribution is -2.19. The lowest BCUT2D eigenvalue weighted by molar-refractivity contribution is 0.583. The van der Waals surface area contributed by atoms with Crippen LogP contribution in [-0.4, -0.2) is 7.05 Å². The molecular weight excluding hydrogens is 296 g/mol. The van der Waals surface area contributed by atoms with E-state index in [0.717, 1.165) is 11.1 Å². The van der Waals surface area contributed by atoms with Crippen molar-refractivity contribution in [2.24, 2.45) is 0 Å². The van der Waals surface area contributed by atoms with Gasteiger partial charge in [0.05, 0.1) is 0 Å². The summed E-state index contributed by atoms with van der Waals surface area (Å²) in [6, 6.07) is 10.6. The van der Waals surface area contributed by atoms with Gasteiger partial charge in [-0.15, -0.1) is 0 Å². The molecule has 0 aromatic heterocycles. The van der Waals surface area contributed by atoms with Crippen LogP contribution in [0, 0.1) is 12.7 Å². The van der Waals surface area contributed by atoms with E-state index in [1.165, 1.54) is 6.07 Å². The molecule has 0 aliphatic carbocycles. The van der Waals surface area contributed by atoms with Gasteiger partial charge in [0.25, 0.3) is 0 Å². The quantitative estimate of drug-likeness (QED) is 0.843. The maximum Gasteiger partial charge on any atom is 0.126 e. The third kappa shape index (κ3) is 3.51. The van der Waals surface area contributed by atoms with Gasteiger partial charge in [0.2, 0.25) is 0 Å². The first-order valence-corrected chi connectivity index (χ1v) is 7.14. The Labute approximate surface area is 128 Å². The fourth-order valence-corrected chi connectivity index (χ4v) is 2.58. The molecule has 0 fully saturated rings. The van der Waals surface area contributed by atoms with E-state index < -0.39 is 0 Å². The molecular formula is C16H16Cl2FN. The smallest absolute Gasteiger partial charge is 0.126 e. The third-order valence-electron chi connectivity index (χ3n) is 3.36. The molecule has 0 amide bonds. The summed E-state index contributed by atoms with van der Waals surface area (Å²) in [7, 11) is 1.88. The SMILES string of the molecule is CNC(Cc1cc(Cl)ccc1Cl)c1ccc(F)c(C)c1. The molecule has 1 nitrogen and oxygen atoms in total. The van der Waals surface area contributed by atoms with Gasteiger partial charge >= 0.3 is 0 Å². The number of halogens is 3. The predicted molar refractivity (Wildman–Crippen MR) is 83.1 cm³/mol. The first-order chi connectivity index (χ1) is 9.51. The average molecular weight is 312 g/mol. The minimum Gasteiger partial charge on any atom is -0.313 e. The fourth-order valence-electron chi connectivity index (χ4n) is 2.19. The number of nitrogens with one attached hydrogen (secondary N) is 1. The first-order valence-electron chi connectivity index (χ1n) is 6.38. The highest BCUT2D eigenvalue weighted by molar-refractivity contribution is 6.33. The molecule has 2 aromatic carbocycles. The van der Waals surface area contributed by atoms with E-state index in [9.17, 15) is 4.39 Å². The van der Waals surface area contributed by atoms with Gasteiger partial charge in [-0.25, -0.2) is 4.39 Å². The molecule has 0 spiro atoms. The second kappa shape index (κ2) is 6.57. The molecule has 1 atom stereocenters. The van der Waals surface area contributed by atoms with Crippen LogP contribution in [0.15, 0.2) is 36.4 Å². The summed E-state index contributed by atoms with van der Waals surface area (Å²) in [6.07, 6.45) is 0.695. The molecule has 2 aromatic rings. The highest BCUT2D eigenvalue weighted by Gasteiger charge is 2.13. The normalized spacial score (nSPS) is 12.4. The number of likely N-dealkylation sites (N-methyl/N-ethyl adjacent to an activating group) is 1. The number of hydrogen-bond acceptors (Lipinski definition) is 1. The molecule has 20 heavy (non-hydrogen) atoms. The number of aryl methyl sites for hydroxylation is 1.